The van der Waals surface area contributed by atoms with Crippen LogP contribution in [0, 0.1) is 19.8 Å². The minimum atomic E-state index is -0.443. The highest BCUT2D eigenvalue weighted by atomic mass is 16.2. The first-order valence-corrected chi connectivity index (χ1v) is 13.8. The number of carbonyl (C=O) groups is 1. The Morgan fingerprint density at radius 3 is 2.17 bits per heavy atom. The Bertz CT molecular complexity index is 1460. The van der Waals surface area contributed by atoms with E-state index in [2.05, 4.69) is 19.2 Å². The monoisotopic (exact) mass is 537 g/mol. The minimum absolute atomic E-state index is 0.0200. The summed E-state index contributed by atoms with van der Waals surface area (Å²) in [7, 11) is 0. The minimum Gasteiger partial charge on any atom is -0.350 e. The first-order valence-electron chi connectivity index (χ1n) is 13.8. The fraction of sp³-hybridized carbons (Fsp3) is 0.303. The van der Waals surface area contributed by atoms with E-state index in [0.717, 1.165) is 16.8 Å². The van der Waals surface area contributed by atoms with Gasteiger partial charge >= 0.3 is 0 Å². The van der Waals surface area contributed by atoms with Crippen molar-refractivity contribution in [1.29, 1.82) is 0 Å². The molecule has 7 nitrogen and oxygen atoms in total. The van der Waals surface area contributed by atoms with Crippen molar-refractivity contribution in [2.75, 3.05) is 18.4 Å². The summed E-state index contributed by atoms with van der Waals surface area (Å²) < 4.78 is 1.72. The number of amides is 1. The fourth-order valence-corrected chi connectivity index (χ4v) is 4.92. The molecule has 1 atom stereocenters. The zero-order valence-corrected chi connectivity index (χ0v) is 23.8. The van der Waals surface area contributed by atoms with E-state index in [9.17, 15) is 9.59 Å². The molecule has 1 unspecified atom stereocenters. The van der Waals surface area contributed by atoms with Gasteiger partial charge in [0.15, 0.2) is 0 Å². The molecule has 0 aliphatic heterocycles. The number of hydrogen-bond acceptors (Lipinski definition) is 5. The van der Waals surface area contributed by atoms with E-state index < -0.39 is 6.04 Å². The van der Waals surface area contributed by atoms with E-state index in [-0.39, 0.29) is 17.4 Å². The van der Waals surface area contributed by atoms with Gasteiger partial charge in [0.2, 0.25) is 0 Å². The van der Waals surface area contributed by atoms with Crippen molar-refractivity contribution in [2.45, 2.75) is 46.7 Å². The molecule has 0 saturated carbocycles. The molecule has 40 heavy (non-hydrogen) atoms. The zero-order chi connectivity index (χ0) is 28.6. The van der Waals surface area contributed by atoms with E-state index in [1.54, 1.807) is 4.57 Å². The molecule has 208 valence electrons. The van der Waals surface area contributed by atoms with Crippen LogP contribution >= 0.6 is 0 Å². The molecular formula is C33H39N5O2. The van der Waals surface area contributed by atoms with Gasteiger partial charge in [0.05, 0.1) is 18.3 Å². The van der Waals surface area contributed by atoms with Crippen LogP contribution in [0.4, 0.5) is 11.4 Å². The predicted octanol–water partition coefficient (Wildman–Crippen LogP) is 5.84. The van der Waals surface area contributed by atoms with Crippen molar-refractivity contribution in [2.24, 2.45) is 11.7 Å². The number of carbonyl (C=O) groups excluding carboxylic acids is 1. The van der Waals surface area contributed by atoms with Crippen LogP contribution in [0.1, 0.15) is 59.3 Å². The van der Waals surface area contributed by atoms with Crippen LogP contribution in [-0.4, -0.2) is 33.4 Å². The maximum Gasteiger partial charge on any atom is 0.277 e. The Kier molecular flexibility index (Phi) is 9.51. The van der Waals surface area contributed by atoms with Gasteiger partial charge in [-0.05, 0) is 62.6 Å². The maximum atomic E-state index is 14.2. The summed E-state index contributed by atoms with van der Waals surface area (Å²) in [5, 5.41) is 3.29. The highest BCUT2D eigenvalue weighted by Gasteiger charge is 2.33. The zero-order valence-electron chi connectivity index (χ0n) is 23.8. The smallest absolute Gasteiger partial charge is 0.277 e. The summed E-state index contributed by atoms with van der Waals surface area (Å²) in [4.78, 5) is 35.1. The molecule has 1 heterocycles. The van der Waals surface area contributed by atoms with Gasteiger partial charge in [-0.2, -0.15) is 0 Å². The Labute approximate surface area is 236 Å². The standard InChI is InChI=1S/C33H39N5O2/c1-23(2)30(37(21-11-20-34)32(39)27-18-16-24(3)17-19-27)31-35-25(4)29(36-28-14-9-6-10-15-28)33(40)38(31)22-26-12-7-5-8-13-26/h5-10,12-19,23,30,36H,11,20-22,34H2,1-4H3. The molecule has 3 N–H and O–H groups in total. The van der Waals surface area contributed by atoms with Gasteiger partial charge < -0.3 is 16.0 Å². The number of nitrogens with zero attached hydrogens (tertiary/aromatic N) is 3. The number of rotatable bonds is 11. The van der Waals surface area contributed by atoms with Gasteiger partial charge in [0, 0.05) is 17.8 Å². The normalized spacial score (nSPS) is 11.8. The van der Waals surface area contributed by atoms with Crippen molar-refractivity contribution in [3.8, 4) is 0 Å². The van der Waals surface area contributed by atoms with Crippen LogP contribution in [0.5, 0.6) is 0 Å². The van der Waals surface area contributed by atoms with Gasteiger partial charge in [-0.3, -0.25) is 14.2 Å². The lowest BCUT2D eigenvalue weighted by atomic mass is 9.98. The van der Waals surface area contributed by atoms with Crippen molar-refractivity contribution in [1.82, 2.24) is 14.5 Å². The summed E-state index contributed by atoms with van der Waals surface area (Å²) in [6, 6.07) is 26.6. The van der Waals surface area contributed by atoms with Crippen LogP contribution in [0.15, 0.2) is 89.7 Å². The van der Waals surface area contributed by atoms with Gasteiger partial charge in [-0.1, -0.05) is 80.1 Å². The third kappa shape index (κ3) is 6.66. The second-order valence-corrected chi connectivity index (χ2v) is 10.5. The van der Waals surface area contributed by atoms with Gasteiger partial charge in [0.1, 0.15) is 11.5 Å². The summed E-state index contributed by atoms with van der Waals surface area (Å²) in [5.41, 5.74) is 10.2. The third-order valence-electron chi connectivity index (χ3n) is 7.00. The third-order valence-corrected chi connectivity index (χ3v) is 7.00. The van der Waals surface area contributed by atoms with Crippen LogP contribution in [0.25, 0.3) is 0 Å². The lowest BCUT2D eigenvalue weighted by Crippen LogP contribution is -2.42. The molecule has 4 aromatic rings. The summed E-state index contributed by atoms with van der Waals surface area (Å²) in [6.07, 6.45) is 0.635. The highest BCUT2D eigenvalue weighted by molar-refractivity contribution is 5.94. The van der Waals surface area contributed by atoms with Crippen LogP contribution in [0.3, 0.4) is 0 Å². The van der Waals surface area contributed by atoms with Crippen molar-refractivity contribution in [3.05, 3.63) is 123 Å². The molecule has 0 aliphatic carbocycles. The summed E-state index contributed by atoms with van der Waals surface area (Å²) in [6.45, 7) is 9.20. The number of nitrogens with one attached hydrogen (secondary N) is 1. The van der Waals surface area contributed by atoms with E-state index in [0.29, 0.717) is 48.8 Å². The average molecular weight is 538 g/mol. The first kappa shape index (κ1) is 28.8. The lowest BCUT2D eigenvalue weighted by Gasteiger charge is -2.36. The number of hydrogen-bond donors (Lipinski definition) is 2. The fourth-order valence-electron chi connectivity index (χ4n) is 4.92. The highest BCUT2D eigenvalue weighted by Crippen LogP contribution is 2.31. The molecule has 3 aromatic carbocycles. The van der Waals surface area contributed by atoms with E-state index in [1.807, 2.05) is 104 Å². The number of anilines is 2. The number of aromatic nitrogens is 2. The molecule has 0 aliphatic rings. The van der Waals surface area contributed by atoms with E-state index >= 15 is 0 Å². The molecule has 0 fully saturated rings. The largest absolute Gasteiger partial charge is 0.350 e. The van der Waals surface area contributed by atoms with Crippen LogP contribution in [-0.2, 0) is 6.54 Å². The number of para-hydroxylation sites is 1. The molecule has 0 bridgehead atoms. The van der Waals surface area contributed by atoms with Crippen molar-refractivity contribution < 1.29 is 4.79 Å². The number of aryl methyl sites for hydroxylation is 2. The number of nitrogens with two attached hydrogens (primary N) is 1. The summed E-state index contributed by atoms with van der Waals surface area (Å²) >= 11 is 0. The molecule has 1 aromatic heterocycles. The van der Waals surface area contributed by atoms with Gasteiger partial charge in [-0.15, -0.1) is 0 Å². The second-order valence-electron chi connectivity index (χ2n) is 10.5. The molecular weight excluding hydrogens is 498 g/mol. The number of benzene rings is 3. The Hall–Kier alpha value is -4.23. The van der Waals surface area contributed by atoms with E-state index in [1.165, 1.54) is 0 Å². The SMILES string of the molecule is Cc1ccc(C(=O)N(CCCN)C(c2nc(C)c(Nc3ccccc3)c(=O)n2Cc2ccccc2)C(C)C)cc1. The molecule has 0 saturated heterocycles. The summed E-state index contributed by atoms with van der Waals surface area (Å²) in [5.74, 6) is 0.447. The molecule has 4 rings (SSSR count). The Morgan fingerprint density at radius 1 is 0.950 bits per heavy atom. The first-order chi connectivity index (χ1) is 19.3. The van der Waals surface area contributed by atoms with Gasteiger partial charge in [-0.25, -0.2) is 4.98 Å². The van der Waals surface area contributed by atoms with Crippen molar-refractivity contribution >= 4 is 17.3 Å². The predicted molar refractivity (Wildman–Crippen MR) is 162 cm³/mol. The Morgan fingerprint density at radius 2 is 1.57 bits per heavy atom. The molecule has 0 spiro atoms. The Balaban J connectivity index is 1.88. The lowest BCUT2D eigenvalue weighted by molar-refractivity contribution is 0.0602. The van der Waals surface area contributed by atoms with Crippen molar-refractivity contribution in [3.63, 3.8) is 0 Å². The average Bonchev–Trinajstić information content (AvgIpc) is 2.96. The molecule has 0 radical (unpaired) electrons. The van der Waals surface area contributed by atoms with Crippen LogP contribution in [0.2, 0.25) is 0 Å². The maximum absolute atomic E-state index is 14.2. The van der Waals surface area contributed by atoms with Crippen LogP contribution < -0.4 is 16.6 Å². The molecule has 1 amide bonds. The van der Waals surface area contributed by atoms with Gasteiger partial charge in [0.25, 0.3) is 11.5 Å². The molecule has 7 heteroatoms. The van der Waals surface area contributed by atoms with E-state index in [4.69, 9.17) is 10.7 Å². The quantitative estimate of drug-likeness (QED) is 0.251. The topological polar surface area (TPSA) is 93.2 Å². The second kappa shape index (κ2) is 13.2.